The Morgan fingerprint density at radius 2 is 1.85 bits per heavy atom. The third kappa shape index (κ3) is 5.22. The van der Waals surface area contributed by atoms with Crippen LogP contribution in [0.2, 0.25) is 0 Å². The van der Waals surface area contributed by atoms with Crippen LogP contribution in [0.15, 0.2) is 59.7 Å². The van der Waals surface area contributed by atoms with E-state index in [-0.39, 0.29) is 11.8 Å². The molecule has 0 saturated heterocycles. The fourth-order valence-corrected chi connectivity index (χ4v) is 5.04. The number of fused-ring (bicyclic) bond motifs is 1. The molecular formula is C28H34N4O2. The zero-order chi connectivity index (χ0) is 24.1. The SMILES string of the molecule is CCC1CCC(c2ccc(-c3ccc4c(c3)OC(C)CN4C(=O)/N=C(C=N)\C=C/N)cc2)CC1. The Kier molecular flexibility index (Phi) is 7.46. The van der Waals surface area contributed by atoms with Crippen LogP contribution in [0.4, 0.5) is 10.5 Å². The minimum Gasteiger partial charge on any atom is -0.487 e. The number of benzene rings is 2. The largest absolute Gasteiger partial charge is 0.487 e. The van der Waals surface area contributed by atoms with Crippen LogP contribution in [-0.2, 0) is 0 Å². The van der Waals surface area contributed by atoms with Crippen molar-refractivity contribution in [2.45, 2.75) is 58.0 Å². The van der Waals surface area contributed by atoms with Gasteiger partial charge in [0.05, 0.1) is 17.9 Å². The van der Waals surface area contributed by atoms with Crippen molar-refractivity contribution in [3.63, 3.8) is 0 Å². The van der Waals surface area contributed by atoms with Crippen molar-refractivity contribution in [1.82, 2.24) is 0 Å². The Hall–Kier alpha value is -3.41. The molecule has 34 heavy (non-hydrogen) atoms. The Morgan fingerprint density at radius 3 is 2.50 bits per heavy atom. The van der Waals surface area contributed by atoms with Crippen LogP contribution in [0.25, 0.3) is 11.1 Å². The molecule has 1 fully saturated rings. The zero-order valence-electron chi connectivity index (χ0n) is 20.0. The number of urea groups is 1. The van der Waals surface area contributed by atoms with E-state index in [0.717, 1.165) is 23.3 Å². The minimum absolute atomic E-state index is 0.170. The summed E-state index contributed by atoms with van der Waals surface area (Å²) >= 11 is 0. The standard InChI is InChI=1S/C28H34N4O2/c1-3-20-4-6-21(7-5-20)22-8-10-23(11-9-22)24-12-13-26-27(16-24)34-19(2)18-32(26)28(33)31-25(17-30)14-15-29/h8-17,19-21,30H,3-7,18,29H2,1-2H3/b15-14-,30-17?,31-25+. The number of ether oxygens (including phenoxy) is 1. The summed E-state index contributed by atoms with van der Waals surface area (Å²) in [5, 5.41) is 7.42. The van der Waals surface area contributed by atoms with E-state index in [0.29, 0.717) is 23.9 Å². The molecule has 1 atom stereocenters. The highest BCUT2D eigenvalue weighted by Crippen LogP contribution is 2.39. The zero-order valence-corrected chi connectivity index (χ0v) is 20.0. The van der Waals surface area contributed by atoms with Gasteiger partial charge < -0.3 is 15.9 Å². The number of amides is 2. The molecule has 0 spiro atoms. The lowest BCUT2D eigenvalue weighted by Gasteiger charge is -2.32. The second-order valence-corrected chi connectivity index (χ2v) is 9.29. The number of nitrogens with one attached hydrogen (secondary N) is 1. The molecule has 6 heteroatoms. The summed E-state index contributed by atoms with van der Waals surface area (Å²) in [6.07, 6.45) is 10.1. The summed E-state index contributed by atoms with van der Waals surface area (Å²) in [4.78, 5) is 18.5. The number of nitrogens with zero attached hydrogens (tertiary/aromatic N) is 2. The second-order valence-electron chi connectivity index (χ2n) is 9.29. The molecule has 2 amide bonds. The maximum absolute atomic E-state index is 12.8. The highest BCUT2D eigenvalue weighted by atomic mass is 16.5. The predicted molar refractivity (Wildman–Crippen MR) is 139 cm³/mol. The monoisotopic (exact) mass is 458 g/mol. The summed E-state index contributed by atoms with van der Waals surface area (Å²) in [5.74, 6) is 2.23. The predicted octanol–water partition coefficient (Wildman–Crippen LogP) is 6.31. The molecule has 2 aromatic rings. The Morgan fingerprint density at radius 1 is 1.15 bits per heavy atom. The summed E-state index contributed by atoms with van der Waals surface area (Å²) in [7, 11) is 0. The number of carbonyl (C=O) groups excluding carboxylic acids is 1. The maximum atomic E-state index is 12.8. The van der Waals surface area contributed by atoms with Crippen molar-refractivity contribution >= 4 is 23.6 Å². The van der Waals surface area contributed by atoms with E-state index >= 15 is 0 Å². The summed E-state index contributed by atoms with van der Waals surface area (Å²) in [5.41, 5.74) is 9.88. The quantitative estimate of drug-likeness (QED) is 0.514. The molecule has 1 aliphatic carbocycles. The fourth-order valence-electron chi connectivity index (χ4n) is 5.04. The van der Waals surface area contributed by atoms with Crippen LogP contribution in [-0.4, -0.2) is 30.6 Å². The van der Waals surface area contributed by atoms with Gasteiger partial charge in [0.1, 0.15) is 11.9 Å². The van der Waals surface area contributed by atoms with E-state index in [9.17, 15) is 4.79 Å². The van der Waals surface area contributed by atoms with Crippen molar-refractivity contribution in [3.8, 4) is 16.9 Å². The van der Waals surface area contributed by atoms with Crippen molar-refractivity contribution < 1.29 is 9.53 Å². The van der Waals surface area contributed by atoms with Crippen LogP contribution in [0, 0.1) is 11.3 Å². The van der Waals surface area contributed by atoms with Crippen LogP contribution in [0.1, 0.15) is 57.4 Å². The highest BCUT2D eigenvalue weighted by molar-refractivity contribution is 6.37. The number of aliphatic imine (C=N–C) groups is 1. The van der Waals surface area contributed by atoms with Gasteiger partial charge in [-0.05, 0) is 85.5 Å². The van der Waals surface area contributed by atoms with E-state index < -0.39 is 6.03 Å². The topological polar surface area (TPSA) is 91.8 Å². The molecule has 4 rings (SSSR count). The van der Waals surface area contributed by atoms with Gasteiger partial charge in [-0.25, -0.2) is 4.79 Å². The van der Waals surface area contributed by atoms with Gasteiger partial charge in [-0.15, -0.1) is 0 Å². The molecule has 178 valence electrons. The molecule has 1 heterocycles. The maximum Gasteiger partial charge on any atom is 0.348 e. The van der Waals surface area contributed by atoms with Crippen molar-refractivity contribution in [1.29, 1.82) is 5.41 Å². The smallest absolute Gasteiger partial charge is 0.348 e. The third-order valence-electron chi connectivity index (χ3n) is 7.03. The second kappa shape index (κ2) is 10.7. The third-order valence-corrected chi connectivity index (χ3v) is 7.03. The van der Waals surface area contributed by atoms with Crippen LogP contribution in [0.5, 0.6) is 5.75 Å². The average molecular weight is 459 g/mol. The Balaban J connectivity index is 1.54. The molecule has 0 aromatic heterocycles. The first kappa shape index (κ1) is 23.7. The first-order chi connectivity index (χ1) is 16.5. The van der Waals surface area contributed by atoms with E-state index in [4.69, 9.17) is 15.9 Å². The van der Waals surface area contributed by atoms with Crippen LogP contribution in [0.3, 0.4) is 0 Å². The van der Waals surface area contributed by atoms with Gasteiger partial charge in [0.15, 0.2) is 0 Å². The molecule has 2 aromatic carbocycles. The molecule has 0 radical (unpaired) electrons. The van der Waals surface area contributed by atoms with Crippen LogP contribution < -0.4 is 15.4 Å². The van der Waals surface area contributed by atoms with Crippen molar-refractivity contribution in [3.05, 3.63) is 60.3 Å². The minimum atomic E-state index is -0.442. The molecule has 0 bridgehead atoms. The molecule has 1 saturated carbocycles. The average Bonchev–Trinajstić information content (AvgIpc) is 2.87. The van der Waals surface area contributed by atoms with Gasteiger partial charge in [-0.2, -0.15) is 4.99 Å². The Labute approximate surface area is 202 Å². The normalized spacial score (nSPS) is 22.8. The number of carbonyl (C=O) groups is 1. The first-order valence-electron chi connectivity index (χ1n) is 12.2. The van der Waals surface area contributed by atoms with Crippen molar-refractivity contribution in [2.24, 2.45) is 16.6 Å². The molecule has 1 unspecified atom stereocenters. The lowest BCUT2D eigenvalue weighted by atomic mass is 9.77. The van der Waals surface area contributed by atoms with E-state index in [1.165, 1.54) is 49.9 Å². The first-order valence-corrected chi connectivity index (χ1v) is 12.2. The van der Waals surface area contributed by atoms with E-state index in [1.54, 1.807) is 4.90 Å². The number of nitrogens with two attached hydrogens (primary N) is 1. The van der Waals surface area contributed by atoms with Gasteiger partial charge in [-0.3, -0.25) is 4.90 Å². The molecule has 3 N–H and O–H groups in total. The molecular weight excluding hydrogens is 424 g/mol. The van der Waals surface area contributed by atoms with E-state index in [2.05, 4.69) is 36.2 Å². The highest BCUT2D eigenvalue weighted by Gasteiger charge is 2.28. The summed E-state index contributed by atoms with van der Waals surface area (Å²) in [6, 6.07) is 14.4. The van der Waals surface area contributed by atoms with E-state index in [1.807, 2.05) is 25.1 Å². The number of hydrogen-bond donors (Lipinski definition) is 2. The summed E-state index contributed by atoms with van der Waals surface area (Å²) < 4.78 is 6.07. The number of allylic oxidation sites excluding steroid dienone is 1. The van der Waals surface area contributed by atoms with Gasteiger partial charge in [0.25, 0.3) is 0 Å². The van der Waals surface area contributed by atoms with Gasteiger partial charge in [0.2, 0.25) is 0 Å². The molecule has 6 nitrogen and oxygen atoms in total. The molecule has 1 aliphatic heterocycles. The summed E-state index contributed by atoms with van der Waals surface area (Å²) in [6.45, 7) is 4.62. The van der Waals surface area contributed by atoms with Crippen molar-refractivity contribution in [2.75, 3.05) is 11.4 Å². The van der Waals surface area contributed by atoms with Gasteiger partial charge >= 0.3 is 6.03 Å². The number of anilines is 1. The Bertz CT molecular complexity index is 1080. The molecule has 2 aliphatic rings. The fraction of sp³-hybridized carbons (Fsp3) is 0.393. The number of rotatable bonds is 5. The van der Waals surface area contributed by atoms with Gasteiger partial charge in [-0.1, -0.05) is 43.7 Å². The lowest BCUT2D eigenvalue weighted by molar-refractivity contribution is 0.208. The van der Waals surface area contributed by atoms with Gasteiger partial charge in [0, 0.05) is 6.21 Å². The van der Waals surface area contributed by atoms with Crippen LogP contribution >= 0.6 is 0 Å². The number of hydrogen-bond acceptors (Lipinski definition) is 4. The lowest BCUT2D eigenvalue weighted by Crippen LogP contribution is -2.41.